The van der Waals surface area contributed by atoms with Crippen LogP contribution in [0.3, 0.4) is 0 Å². The highest BCUT2D eigenvalue weighted by molar-refractivity contribution is 7.20. The molecule has 1 unspecified atom stereocenters. The van der Waals surface area contributed by atoms with Crippen molar-refractivity contribution in [3.05, 3.63) is 51.5 Å². The third kappa shape index (κ3) is 3.07. The van der Waals surface area contributed by atoms with Crippen LogP contribution in [0.15, 0.2) is 30.3 Å². The number of ketones is 1. The molecular formula is C17H15ClN2O3S. The van der Waals surface area contributed by atoms with Crippen molar-refractivity contribution in [3.8, 4) is 0 Å². The van der Waals surface area contributed by atoms with Crippen molar-refractivity contribution in [1.82, 2.24) is 9.78 Å². The maximum absolute atomic E-state index is 12.3. The predicted molar refractivity (Wildman–Crippen MR) is 94.0 cm³/mol. The fourth-order valence-electron chi connectivity index (χ4n) is 2.43. The van der Waals surface area contributed by atoms with Gasteiger partial charge in [-0.3, -0.25) is 9.48 Å². The Morgan fingerprint density at radius 2 is 1.96 bits per heavy atom. The molecule has 0 radical (unpaired) electrons. The first-order valence-corrected chi connectivity index (χ1v) is 8.50. The van der Waals surface area contributed by atoms with Crippen LogP contribution in [-0.2, 0) is 11.8 Å². The molecule has 1 atom stereocenters. The van der Waals surface area contributed by atoms with Crippen LogP contribution in [0.2, 0.25) is 5.02 Å². The van der Waals surface area contributed by atoms with E-state index in [-0.39, 0.29) is 5.78 Å². The number of carbonyl (C=O) groups excluding carboxylic acids is 2. The molecule has 5 nitrogen and oxygen atoms in total. The van der Waals surface area contributed by atoms with Gasteiger partial charge < -0.3 is 4.74 Å². The third-order valence-electron chi connectivity index (χ3n) is 3.68. The van der Waals surface area contributed by atoms with Gasteiger partial charge in [-0.25, -0.2) is 4.79 Å². The number of ether oxygens (including phenoxy) is 1. The molecule has 2 aromatic heterocycles. The normalized spacial score (nSPS) is 12.3. The molecule has 1 aromatic carbocycles. The number of rotatable bonds is 4. The van der Waals surface area contributed by atoms with Crippen LogP contribution in [0.4, 0.5) is 0 Å². The van der Waals surface area contributed by atoms with Gasteiger partial charge in [0.1, 0.15) is 9.71 Å². The molecule has 24 heavy (non-hydrogen) atoms. The number of thiophene rings is 1. The van der Waals surface area contributed by atoms with Crippen molar-refractivity contribution in [1.29, 1.82) is 0 Å². The van der Waals surface area contributed by atoms with Crippen LogP contribution in [0.25, 0.3) is 10.2 Å². The smallest absolute Gasteiger partial charge is 0.349 e. The summed E-state index contributed by atoms with van der Waals surface area (Å²) in [7, 11) is 1.83. The number of aryl methyl sites for hydroxylation is 2. The van der Waals surface area contributed by atoms with Gasteiger partial charge in [0.05, 0.1) is 5.69 Å². The molecule has 0 fully saturated rings. The first-order valence-electron chi connectivity index (χ1n) is 7.30. The second-order valence-electron chi connectivity index (χ2n) is 5.46. The minimum atomic E-state index is -0.872. The van der Waals surface area contributed by atoms with E-state index >= 15 is 0 Å². The average molecular weight is 363 g/mol. The largest absolute Gasteiger partial charge is 0.450 e. The second-order valence-corrected chi connectivity index (χ2v) is 6.92. The first kappa shape index (κ1) is 16.7. The van der Waals surface area contributed by atoms with Gasteiger partial charge >= 0.3 is 5.97 Å². The lowest BCUT2D eigenvalue weighted by Crippen LogP contribution is -2.24. The number of fused-ring (bicyclic) bond motifs is 1. The first-order chi connectivity index (χ1) is 11.4. The van der Waals surface area contributed by atoms with Gasteiger partial charge in [0.25, 0.3) is 0 Å². The molecule has 124 valence electrons. The Labute approximate surface area is 147 Å². The molecule has 0 spiro atoms. The van der Waals surface area contributed by atoms with Gasteiger partial charge in [-0.2, -0.15) is 5.10 Å². The molecule has 0 saturated carbocycles. The Kier molecular flexibility index (Phi) is 4.43. The molecule has 0 saturated heterocycles. The molecule has 0 aliphatic heterocycles. The van der Waals surface area contributed by atoms with E-state index in [1.807, 2.05) is 14.0 Å². The van der Waals surface area contributed by atoms with Crippen LogP contribution >= 0.6 is 22.9 Å². The highest BCUT2D eigenvalue weighted by atomic mass is 35.5. The summed E-state index contributed by atoms with van der Waals surface area (Å²) in [5.41, 5.74) is 1.31. The molecule has 2 heterocycles. The van der Waals surface area contributed by atoms with Crippen molar-refractivity contribution >= 4 is 44.9 Å². The molecule has 0 aliphatic rings. The molecule has 0 amide bonds. The van der Waals surface area contributed by atoms with Gasteiger partial charge in [-0.05, 0) is 44.2 Å². The molecule has 0 N–H and O–H groups in total. The quantitative estimate of drug-likeness (QED) is 0.519. The zero-order valence-corrected chi connectivity index (χ0v) is 14.9. The number of carbonyl (C=O) groups is 2. The van der Waals surface area contributed by atoms with E-state index in [9.17, 15) is 9.59 Å². The summed E-state index contributed by atoms with van der Waals surface area (Å²) in [5.74, 6) is -0.774. The van der Waals surface area contributed by atoms with Crippen molar-refractivity contribution in [3.63, 3.8) is 0 Å². The predicted octanol–water partition coefficient (Wildman–Crippen LogP) is 4.02. The van der Waals surface area contributed by atoms with Gasteiger partial charge in [0.15, 0.2) is 6.10 Å². The second kappa shape index (κ2) is 6.37. The van der Waals surface area contributed by atoms with Crippen LogP contribution < -0.4 is 0 Å². The van der Waals surface area contributed by atoms with Crippen LogP contribution in [0, 0.1) is 6.92 Å². The minimum absolute atomic E-state index is 0.265. The lowest BCUT2D eigenvalue weighted by Gasteiger charge is -2.11. The summed E-state index contributed by atoms with van der Waals surface area (Å²) in [6.45, 7) is 3.45. The number of benzene rings is 1. The van der Waals surface area contributed by atoms with Gasteiger partial charge in [-0.1, -0.05) is 11.6 Å². The zero-order valence-electron chi connectivity index (χ0n) is 13.4. The number of nitrogens with zero attached hydrogens (tertiary/aromatic N) is 2. The highest BCUT2D eigenvalue weighted by Crippen LogP contribution is 2.28. The summed E-state index contributed by atoms with van der Waals surface area (Å²) >= 11 is 7.11. The number of hydrogen-bond donors (Lipinski definition) is 0. The Morgan fingerprint density at radius 3 is 2.58 bits per heavy atom. The van der Waals surface area contributed by atoms with E-state index in [4.69, 9.17) is 16.3 Å². The van der Waals surface area contributed by atoms with E-state index in [1.165, 1.54) is 11.3 Å². The topological polar surface area (TPSA) is 61.2 Å². The molecule has 3 rings (SSSR count). The third-order valence-corrected chi connectivity index (χ3v) is 5.11. The Hall–Kier alpha value is -2.18. The lowest BCUT2D eigenvalue weighted by atomic mass is 10.1. The fraction of sp³-hybridized carbons (Fsp3) is 0.235. The van der Waals surface area contributed by atoms with E-state index in [2.05, 4.69) is 5.10 Å². The minimum Gasteiger partial charge on any atom is -0.450 e. The van der Waals surface area contributed by atoms with Crippen LogP contribution in [0.1, 0.15) is 32.6 Å². The molecule has 7 heteroatoms. The molecule has 3 aromatic rings. The number of halogens is 1. The maximum atomic E-state index is 12.3. The summed E-state index contributed by atoms with van der Waals surface area (Å²) in [5, 5.41) is 5.77. The number of aromatic nitrogens is 2. The maximum Gasteiger partial charge on any atom is 0.349 e. The van der Waals surface area contributed by atoms with E-state index in [0.29, 0.717) is 15.5 Å². The summed E-state index contributed by atoms with van der Waals surface area (Å²) in [6.07, 6.45) is -0.872. The Morgan fingerprint density at radius 1 is 1.29 bits per heavy atom. The van der Waals surface area contributed by atoms with E-state index < -0.39 is 12.1 Å². The van der Waals surface area contributed by atoms with Crippen LogP contribution in [0.5, 0.6) is 0 Å². The Balaban J connectivity index is 1.76. The van der Waals surface area contributed by atoms with Crippen molar-refractivity contribution in [2.45, 2.75) is 20.0 Å². The van der Waals surface area contributed by atoms with E-state index in [0.717, 1.165) is 15.9 Å². The van der Waals surface area contributed by atoms with Crippen molar-refractivity contribution < 1.29 is 14.3 Å². The van der Waals surface area contributed by atoms with Crippen LogP contribution in [-0.4, -0.2) is 27.6 Å². The van der Waals surface area contributed by atoms with Gasteiger partial charge in [0, 0.05) is 23.0 Å². The van der Waals surface area contributed by atoms with Crippen molar-refractivity contribution in [2.24, 2.45) is 7.05 Å². The van der Waals surface area contributed by atoms with E-state index in [1.54, 1.807) is 41.9 Å². The SMILES string of the molecule is Cc1nn(C)c2sc(C(=O)OC(C)C(=O)c3ccc(Cl)cc3)cc12. The number of esters is 1. The zero-order chi connectivity index (χ0) is 17.4. The Bertz CT molecular complexity index is 893. The summed E-state index contributed by atoms with van der Waals surface area (Å²) in [4.78, 5) is 26.0. The summed E-state index contributed by atoms with van der Waals surface area (Å²) in [6, 6.07) is 8.24. The molecule has 0 aliphatic carbocycles. The fourth-order valence-corrected chi connectivity index (χ4v) is 3.56. The summed E-state index contributed by atoms with van der Waals surface area (Å²) < 4.78 is 7.05. The molecular weight excluding hydrogens is 348 g/mol. The highest BCUT2D eigenvalue weighted by Gasteiger charge is 2.22. The van der Waals surface area contributed by atoms with Gasteiger partial charge in [0.2, 0.25) is 5.78 Å². The number of hydrogen-bond acceptors (Lipinski definition) is 5. The molecule has 0 bridgehead atoms. The average Bonchev–Trinajstić information content (AvgIpc) is 3.09. The van der Waals surface area contributed by atoms with Crippen molar-refractivity contribution in [2.75, 3.05) is 0 Å². The van der Waals surface area contributed by atoms with Gasteiger partial charge in [-0.15, -0.1) is 11.3 Å². The number of Topliss-reactive ketones (excluding diaryl/α,β-unsaturated/α-hetero) is 1. The monoisotopic (exact) mass is 362 g/mol. The standard InChI is InChI=1S/C17H15ClN2O3S/c1-9-13-8-14(24-16(13)20(3)19-9)17(22)23-10(2)15(21)11-4-6-12(18)7-5-11/h4-8,10H,1-3H3. The lowest BCUT2D eigenvalue weighted by molar-refractivity contribution is 0.0323.